The predicted molar refractivity (Wildman–Crippen MR) is 98.6 cm³/mol. The van der Waals surface area contributed by atoms with Crippen LogP contribution in [-0.4, -0.2) is 27.9 Å². The van der Waals surface area contributed by atoms with Crippen LogP contribution in [0.2, 0.25) is 0 Å². The van der Waals surface area contributed by atoms with E-state index in [0.717, 1.165) is 36.0 Å². The SMILES string of the molecule is CCNC(=NCc1cn2ccsc2n1)NC1CC=CC1.I. The van der Waals surface area contributed by atoms with Gasteiger partial charge in [0.05, 0.1) is 12.2 Å². The van der Waals surface area contributed by atoms with Gasteiger partial charge in [-0.15, -0.1) is 35.3 Å². The molecule has 0 unspecified atom stereocenters. The Hall–Kier alpha value is -1.09. The minimum absolute atomic E-state index is 0. The molecule has 0 atom stereocenters. The van der Waals surface area contributed by atoms with Crippen LogP contribution in [0, 0.1) is 0 Å². The summed E-state index contributed by atoms with van der Waals surface area (Å²) in [5.74, 6) is 0.873. The molecule has 2 aromatic rings. The van der Waals surface area contributed by atoms with Crippen LogP contribution in [0.1, 0.15) is 25.5 Å². The van der Waals surface area contributed by atoms with Crippen LogP contribution in [0.15, 0.2) is 34.9 Å². The molecule has 2 heterocycles. The molecule has 7 heteroatoms. The van der Waals surface area contributed by atoms with Gasteiger partial charge in [0.1, 0.15) is 0 Å². The van der Waals surface area contributed by atoms with Crippen molar-refractivity contribution in [2.75, 3.05) is 6.54 Å². The maximum absolute atomic E-state index is 4.62. The molecule has 21 heavy (non-hydrogen) atoms. The molecule has 0 aromatic carbocycles. The average molecular weight is 417 g/mol. The smallest absolute Gasteiger partial charge is 0.193 e. The van der Waals surface area contributed by atoms with Crippen molar-refractivity contribution >= 4 is 46.2 Å². The van der Waals surface area contributed by atoms with Crippen molar-refractivity contribution < 1.29 is 0 Å². The first-order valence-corrected chi connectivity index (χ1v) is 7.84. The number of fused-ring (bicyclic) bond motifs is 1. The van der Waals surface area contributed by atoms with Crippen LogP contribution in [-0.2, 0) is 6.54 Å². The fourth-order valence-corrected chi connectivity index (χ4v) is 2.98. The van der Waals surface area contributed by atoms with E-state index < -0.39 is 0 Å². The number of imidazole rings is 1. The molecule has 2 N–H and O–H groups in total. The molecular weight excluding hydrogens is 397 g/mol. The second kappa shape index (κ2) is 7.79. The normalized spacial score (nSPS) is 15.4. The number of aliphatic imine (C=N–C) groups is 1. The summed E-state index contributed by atoms with van der Waals surface area (Å²) in [6.07, 6.45) is 10.6. The number of thiazole rings is 1. The van der Waals surface area contributed by atoms with Gasteiger partial charge in [0, 0.05) is 30.4 Å². The van der Waals surface area contributed by atoms with Crippen LogP contribution in [0.5, 0.6) is 0 Å². The molecule has 0 fully saturated rings. The number of nitrogens with one attached hydrogen (secondary N) is 2. The third-order valence-corrected chi connectivity index (χ3v) is 4.01. The first-order valence-electron chi connectivity index (χ1n) is 6.96. The molecule has 3 rings (SSSR count). The molecule has 0 bridgehead atoms. The Morgan fingerprint density at radius 1 is 1.48 bits per heavy atom. The van der Waals surface area contributed by atoms with Crippen molar-refractivity contribution in [2.45, 2.75) is 32.4 Å². The first kappa shape index (κ1) is 16.3. The largest absolute Gasteiger partial charge is 0.357 e. The van der Waals surface area contributed by atoms with Crippen molar-refractivity contribution in [1.82, 2.24) is 20.0 Å². The van der Waals surface area contributed by atoms with Crippen molar-refractivity contribution in [3.05, 3.63) is 35.6 Å². The Morgan fingerprint density at radius 2 is 2.29 bits per heavy atom. The van der Waals surface area contributed by atoms with Crippen molar-refractivity contribution in [3.63, 3.8) is 0 Å². The topological polar surface area (TPSA) is 53.7 Å². The van der Waals surface area contributed by atoms with Crippen molar-refractivity contribution in [2.24, 2.45) is 4.99 Å². The Kier molecular flexibility index (Phi) is 6.04. The number of nitrogens with zero attached hydrogens (tertiary/aromatic N) is 3. The molecule has 0 saturated heterocycles. The molecule has 5 nitrogen and oxygen atoms in total. The molecule has 2 aromatic heterocycles. The molecule has 0 radical (unpaired) electrons. The Morgan fingerprint density at radius 3 is 3.00 bits per heavy atom. The highest BCUT2D eigenvalue weighted by molar-refractivity contribution is 14.0. The van der Waals surface area contributed by atoms with E-state index >= 15 is 0 Å². The lowest BCUT2D eigenvalue weighted by molar-refractivity contribution is 0.633. The van der Waals surface area contributed by atoms with Gasteiger partial charge in [-0.3, -0.25) is 4.40 Å². The van der Waals surface area contributed by atoms with Gasteiger partial charge in [0.2, 0.25) is 0 Å². The van der Waals surface area contributed by atoms with Gasteiger partial charge in [-0.25, -0.2) is 9.98 Å². The van der Waals surface area contributed by atoms with E-state index in [1.54, 1.807) is 11.3 Å². The number of rotatable bonds is 4. The van der Waals surface area contributed by atoms with Crippen LogP contribution in [0.25, 0.3) is 4.96 Å². The zero-order valence-corrected chi connectivity index (χ0v) is 15.1. The minimum atomic E-state index is 0. The maximum atomic E-state index is 4.62. The molecule has 0 aliphatic heterocycles. The zero-order valence-electron chi connectivity index (χ0n) is 12.0. The van der Waals surface area contributed by atoms with Gasteiger partial charge < -0.3 is 10.6 Å². The third kappa shape index (κ3) is 4.19. The molecule has 0 saturated carbocycles. The summed E-state index contributed by atoms with van der Waals surface area (Å²) >= 11 is 1.64. The van der Waals surface area contributed by atoms with Crippen molar-refractivity contribution in [1.29, 1.82) is 0 Å². The highest BCUT2D eigenvalue weighted by Gasteiger charge is 2.11. The van der Waals surface area contributed by atoms with Crippen LogP contribution in [0.4, 0.5) is 0 Å². The molecule has 1 aliphatic carbocycles. The van der Waals surface area contributed by atoms with Crippen LogP contribution < -0.4 is 10.6 Å². The first-order chi connectivity index (χ1) is 9.85. The van der Waals surface area contributed by atoms with Gasteiger partial charge in [-0.2, -0.15) is 0 Å². The lowest BCUT2D eigenvalue weighted by Crippen LogP contribution is -2.42. The van der Waals surface area contributed by atoms with E-state index in [-0.39, 0.29) is 24.0 Å². The molecular formula is C14H20IN5S. The number of hydrogen-bond donors (Lipinski definition) is 2. The lowest BCUT2D eigenvalue weighted by atomic mass is 10.2. The third-order valence-electron chi connectivity index (χ3n) is 3.24. The second-order valence-corrected chi connectivity index (χ2v) is 5.68. The van der Waals surface area contributed by atoms with E-state index in [0.29, 0.717) is 12.6 Å². The number of guanidine groups is 1. The summed E-state index contributed by atoms with van der Waals surface area (Å²) in [7, 11) is 0. The molecule has 1 aliphatic rings. The quantitative estimate of drug-likeness (QED) is 0.348. The standard InChI is InChI=1S/C14H19N5S.HI/c1-2-15-13(17-11-5-3-4-6-11)16-9-12-10-19-7-8-20-14(19)18-12;/h3-4,7-8,10-11H,2,5-6,9H2,1H3,(H2,15,16,17);1H. The van der Waals surface area contributed by atoms with Gasteiger partial charge in [0.25, 0.3) is 0 Å². The van der Waals surface area contributed by atoms with Crippen LogP contribution >= 0.6 is 35.3 Å². The van der Waals surface area contributed by atoms with E-state index in [1.807, 2.05) is 22.2 Å². The molecule has 114 valence electrons. The monoisotopic (exact) mass is 417 g/mol. The summed E-state index contributed by atoms with van der Waals surface area (Å²) in [5.41, 5.74) is 0.999. The Balaban J connectivity index is 0.00000161. The van der Waals surface area contributed by atoms with Gasteiger partial charge in [-0.05, 0) is 19.8 Å². The Labute approximate surface area is 145 Å². The molecule has 0 spiro atoms. The van der Waals surface area contributed by atoms with E-state index in [4.69, 9.17) is 0 Å². The fraction of sp³-hybridized carbons (Fsp3) is 0.429. The summed E-state index contributed by atoms with van der Waals surface area (Å²) in [6.45, 7) is 3.55. The number of hydrogen-bond acceptors (Lipinski definition) is 3. The zero-order chi connectivity index (χ0) is 13.8. The summed E-state index contributed by atoms with van der Waals surface area (Å²) in [5, 5.41) is 8.78. The highest BCUT2D eigenvalue weighted by Crippen LogP contribution is 2.12. The van der Waals surface area contributed by atoms with Gasteiger partial charge in [-0.1, -0.05) is 12.2 Å². The maximum Gasteiger partial charge on any atom is 0.193 e. The highest BCUT2D eigenvalue weighted by atomic mass is 127. The summed E-state index contributed by atoms with van der Waals surface area (Å²) in [6, 6.07) is 0.471. The second-order valence-electron chi connectivity index (χ2n) is 4.80. The average Bonchev–Trinajstić information content (AvgIpc) is 3.12. The summed E-state index contributed by atoms with van der Waals surface area (Å²) in [4.78, 5) is 10.2. The van der Waals surface area contributed by atoms with Crippen molar-refractivity contribution in [3.8, 4) is 0 Å². The van der Waals surface area contributed by atoms with E-state index in [1.165, 1.54) is 0 Å². The number of halogens is 1. The minimum Gasteiger partial charge on any atom is -0.357 e. The number of aromatic nitrogens is 2. The van der Waals surface area contributed by atoms with Crippen LogP contribution in [0.3, 0.4) is 0 Å². The molecule has 0 amide bonds. The van der Waals surface area contributed by atoms with Gasteiger partial charge >= 0.3 is 0 Å². The lowest BCUT2D eigenvalue weighted by Gasteiger charge is -2.16. The Bertz CT molecular complexity index is 594. The summed E-state index contributed by atoms with van der Waals surface area (Å²) < 4.78 is 2.04. The van der Waals surface area contributed by atoms with E-state index in [9.17, 15) is 0 Å². The predicted octanol–water partition coefficient (Wildman–Crippen LogP) is 2.79. The fourth-order valence-electron chi connectivity index (χ4n) is 2.26. The van der Waals surface area contributed by atoms with Gasteiger partial charge in [0.15, 0.2) is 10.9 Å². The van der Waals surface area contributed by atoms with E-state index in [2.05, 4.69) is 39.7 Å².